The Morgan fingerprint density at radius 3 is 2.11 bits per heavy atom. The Balaban J connectivity index is 2.19. The molecule has 0 bridgehead atoms. The lowest BCUT2D eigenvalue weighted by Gasteiger charge is -2.29. The molecule has 1 atom stereocenters. The van der Waals surface area contributed by atoms with Gasteiger partial charge in [0.2, 0.25) is 0 Å². The molecular formula is C16H24O2. The van der Waals surface area contributed by atoms with Crippen molar-refractivity contribution >= 4 is 0 Å². The maximum atomic E-state index is 10.4. The molecule has 100 valence electrons. The number of aryl methyl sites for hydroxylation is 3. The quantitative estimate of drug-likeness (QED) is 0.863. The molecule has 2 heteroatoms. The lowest BCUT2D eigenvalue weighted by Crippen LogP contribution is -2.41. The van der Waals surface area contributed by atoms with E-state index in [0.29, 0.717) is 6.42 Å². The van der Waals surface area contributed by atoms with E-state index in [2.05, 4.69) is 32.9 Å². The molecule has 0 radical (unpaired) electrons. The van der Waals surface area contributed by atoms with Crippen LogP contribution >= 0.6 is 0 Å². The van der Waals surface area contributed by atoms with Gasteiger partial charge in [-0.1, -0.05) is 30.5 Å². The van der Waals surface area contributed by atoms with E-state index in [1.807, 2.05) is 0 Å². The minimum absolute atomic E-state index is 0.564. The van der Waals surface area contributed by atoms with Crippen LogP contribution in [0.2, 0.25) is 0 Å². The zero-order chi connectivity index (χ0) is 13.3. The van der Waals surface area contributed by atoms with Gasteiger partial charge in [0.25, 0.3) is 0 Å². The molecule has 1 aliphatic rings. The number of aliphatic hydroxyl groups excluding tert-OH is 1. The number of aliphatic hydroxyl groups is 2. The van der Waals surface area contributed by atoms with Crippen LogP contribution in [-0.4, -0.2) is 21.9 Å². The van der Waals surface area contributed by atoms with E-state index in [1.54, 1.807) is 0 Å². The minimum atomic E-state index is -0.857. The molecule has 2 rings (SSSR count). The van der Waals surface area contributed by atoms with Gasteiger partial charge in [-0.05, 0) is 50.3 Å². The fraction of sp³-hybridized carbons (Fsp3) is 0.625. The lowest BCUT2D eigenvalue weighted by molar-refractivity contribution is -0.0690. The van der Waals surface area contributed by atoms with Crippen molar-refractivity contribution in [2.75, 3.05) is 0 Å². The molecule has 2 N–H and O–H groups in total. The molecule has 0 aromatic heterocycles. The van der Waals surface area contributed by atoms with Gasteiger partial charge < -0.3 is 10.2 Å². The molecule has 2 nitrogen and oxygen atoms in total. The van der Waals surface area contributed by atoms with Gasteiger partial charge in [-0.3, -0.25) is 0 Å². The largest absolute Gasteiger partial charge is 0.390 e. The highest BCUT2D eigenvalue weighted by Gasteiger charge is 2.38. The van der Waals surface area contributed by atoms with E-state index in [-0.39, 0.29) is 0 Å². The van der Waals surface area contributed by atoms with Crippen LogP contribution in [0, 0.1) is 20.8 Å². The molecular weight excluding hydrogens is 224 g/mol. The van der Waals surface area contributed by atoms with Gasteiger partial charge in [-0.15, -0.1) is 0 Å². The van der Waals surface area contributed by atoms with Crippen molar-refractivity contribution in [2.24, 2.45) is 0 Å². The molecule has 0 aliphatic heterocycles. The van der Waals surface area contributed by atoms with Crippen LogP contribution in [0.4, 0.5) is 0 Å². The van der Waals surface area contributed by atoms with Gasteiger partial charge in [-0.2, -0.15) is 0 Å². The average molecular weight is 248 g/mol. The molecule has 0 heterocycles. The summed E-state index contributed by atoms with van der Waals surface area (Å²) < 4.78 is 0. The summed E-state index contributed by atoms with van der Waals surface area (Å²) in [6.45, 7) is 6.26. The van der Waals surface area contributed by atoms with Crippen molar-refractivity contribution in [2.45, 2.75) is 64.6 Å². The van der Waals surface area contributed by atoms with Gasteiger partial charge >= 0.3 is 0 Å². The van der Waals surface area contributed by atoms with Gasteiger partial charge in [-0.25, -0.2) is 0 Å². The highest BCUT2D eigenvalue weighted by molar-refractivity contribution is 5.38. The maximum absolute atomic E-state index is 10.4. The fourth-order valence-electron chi connectivity index (χ4n) is 3.24. The molecule has 18 heavy (non-hydrogen) atoms. The van der Waals surface area contributed by atoms with E-state index in [1.165, 1.54) is 22.3 Å². The lowest BCUT2D eigenvalue weighted by atomic mass is 9.87. The Hall–Kier alpha value is -0.860. The Labute approximate surface area is 110 Å². The van der Waals surface area contributed by atoms with E-state index in [4.69, 9.17) is 0 Å². The smallest absolute Gasteiger partial charge is 0.0908 e. The van der Waals surface area contributed by atoms with E-state index < -0.39 is 11.7 Å². The highest BCUT2D eigenvalue weighted by atomic mass is 16.3. The van der Waals surface area contributed by atoms with E-state index in [9.17, 15) is 10.2 Å². The first-order valence-corrected chi connectivity index (χ1v) is 6.89. The van der Waals surface area contributed by atoms with Crippen molar-refractivity contribution in [3.8, 4) is 0 Å². The second-order valence-corrected chi connectivity index (χ2v) is 5.91. The van der Waals surface area contributed by atoms with Gasteiger partial charge in [0.05, 0.1) is 11.7 Å². The molecule has 1 aliphatic carbocycles. The van der Waals surface area contributed by atoms with Crippen LogP contribution < -0.4 is 0 Å². The second-order valence-electron chi connectivity index (χ2n) is 5.91. The summed E-state index contributed by atoms with van der Waals surface area (Å²) in [4.78, 5) is 0. The predicted octanol–water partition coefficient (Wildman–Crippen LogP) is 2.82. The first-order chi connectivity index (χ1) is 8.42. The topological polar surface area (TPSA) is 40.5 Å². The molecule has 0 saturated heterocycles. The first-order valence-electron chi connectivity index (χ1n) is 6.89. The van der Waals surface area contributed by atoms with Crippen LogP contribution in [0.5, 0.6) is 0 Å². The monoisotopic (exact) mass is 248 g/mol. The third-order valence-corrected chi connectivity index (χ3v) is 4.33. The third kappa shape index (κ3) is 2.60. The first kappa shape index (κ1) is 13.6. The molecule has 1 aromatic rings. The summed E-state index contributed by atoms with van der Waals surface area (Å²) in [5.41, 5.74) is 4.02. The van der Waals surface area contributed by atoms with Crippen LogP contribution in [0.1, 0.15) is 47.9 Å². The Bertz CT molecular complexity index is 408. The molecule has 1 fully saturated rings. The predicted molar refractivity (Wildman–Crippen MR) is 73.8 cm³/mol. The van der Waals surface area contributed by atoms with E-state index >= 15 is 0 Å². The van der Waals surface area contributed by atoms with Crippen LogP contribution in [0.25, 0.3) is 0 Å². The molecule has 1 unspecified atom stereocenters. The molecule has 1 saturated carbocycles. The van der Waals surface area contributed by atoms with Crippen molar-refractivity contribution in [3.05, 3.63) is 34.4 Å². The van der Waals surface area contributed by atoms with Gasteiger partial charge in [0, 0.05) is 6.42 Å². The summed E-state index contributed by atoms with van der Waals surface area (Å²) in [6, 6.07) is 4.29. The van der Waals surface area contributed by atoms with Gasteiger partial charge in [0.15, 0.2) is 0 Å². The maximum Gasteiger partial charge on any atom is 0.0908 e. The molecule has 0 spiro atoms. The van der Waals surface area contributed by atoms with Crippen LogP contribution in [0.3, 0.4) is 0 Å². The Morgan fingerprint density at radius 2 is 1.61 bits per heavy atom. The van der Waals surface area contributed by atoms with Crippen LogP contribution in [-0.2, 0) is 6.42 Å². The molecule has 0 amide bonds. The summed E-state index contributed by atoms with van der Waals surface area (Å²) in [5, 5.41) is 20.7. The normalized spacial score (nSPS) is 20.1. The zero-order valence-electron chi connectivity index (χ0n) is 11.7. The Kier molecular flexibility index (Phi) is 3.79. The van der Waals surface area contributed by atoms with E-state index in [0.717, 1.165) is 25.7 Å². The Morgan fingerprint density at radius 1 is 1.11 bits per heavy atom. The van der Waals surface area contributed by atoms with Crippen molar-refractivity contribution in [3.63, 3.8) is 0 Å². The zero-order valence-corrected chi connectivity index (χ0v) is 11.7. The number of hydrogen-bond acceptors (Lipinski definition) is 2. The van der Waals surface area contributed by atoms with Crippen molar-refractivity contribution in [1.82, 2.24) is 0 Å². The number of benzene rings is 1. The average Bonchev–Trinajstić information content (AvgIpc) is 2.71. The fourth-order valence-corrected chi connectivity index (χ4v) is 3.24. The second kappa shape index (κ2) is 5.02. The number of rotatable bonds is 3. The van der Waals surface area contributed by atoms with Gasteiger partial charge in [0.1, 0.15) is 0 Å². The summed E-state index contributed by atoms with van der Waals surface area (Å²) >= 11 is 0. The van der Waals surface area contributed by atoms with Crippen molar-refractivity contribution < 1.29 is 10.2 Å². The summed E-state index contributed by atoms with van der Waals surface area (Å²) in [5.74, 6) is 0. The van der Waals surface area contributed by atoms with Crippen molar-refractivity contribution in [1.29, 1.82) is 0 Å². The third-order valence-electron chi connectivity index (χ3n) is 4.33. The highest BCUT2D eigenvalue weighted by Crippen LogP contribution is 2.34. The standard InChI is InChI=1S/C16H24O2/c1-11-8-12(2)14(13(3)9-11)10-15(17)16(18)6-4-5-7-16/h8-9,15,17-18H,4-7,10H2,1-3H3. The SMILES string of the molecule is Cc1cc(C)c(CC(O)C2(O)CCCC2)c(C)c1. The molecule has 1 aromatic carbocycles. The minimum Gasteiger partial charge on any atom is -0.390 e. The number of hydrogen-bond donors (Lipinski definition) is 2. The van der Waals surface area contributed by atoms with Crippen LogP contribution in [0.15, 0.2) is 12.1 Å². The summed E-state index contributed by atoms with van der Waals surface area (Å²) in [6.07, 6.45) is 3.45. The summed E-state index contributed by atoms with van der Waals surface area (Å²) in [7, 11) is 0.